The number of carbonyl (C=O) groups is 1. The zero-order valence-corrected chi connectivity index (χ0v) is 11.3. The molecule has 1 aliphatic rings. The second-order valence-corrected chi connectivity index (χ2v) is 5.46. The molecule has 94 valence electrons. The van der Waals surface area contributed by atoms with Crippen LogP contribution in [0.25, 0.3) is 0 Å². The Labute approximate surface area is 106 Å². The van der Waals surface area contributed by atoms with Gasteiger partial charge in [-0.05, 0) is 26.2 Å². The molecule has 4 nitrogen and oxygen atoms in total. The minimum atomic E-state index is -0.149. The highest BCUT2D eigenvalue weighted by Gasteiger charge is 2.31. The Kier molecular flexibility index (Phi) is 3.66. The molecule has 1 aromatic heterocycles. The number of anilines is 1. The molecule has 0 spiro atoms. The third kappa shape index (κ3) is 2.44. The maximum Gasteiger partial charge on any atom is 0.315 e. The Hall–Kier alpha value is -1.10. The van der Waals surface area contributed by atoms with E-state index in [9.17, 15) is 4.79 Å². The van der Waals surface area contributed by atoms with E-state index in [4.69, 9.17) is 4.74 Å². The van der Waals surface area contributed by atoms with Crippen LogP contribution in [0.5, 0.6) is 0 Å². The zero-order valence-electron chi connectivity index (χ0n) is 10.5. The van der Waals surface area contributed by atoms with Gasteiger partial charge in [0.1, 0.15) is 5.92 Å². The van der Waals surface area contributed by atoms with Crippen LogP contribution < -0.4 is 4.90 Å². The molecule has 0 saturated heterocycles. The third-order valence-electron chi connectivity index (χ3n) is 2.90. The van der Waals surface area contributed by atoms with Crippen molar-refractivity contribution in [1.29, 1.82) is 0 Å². The van der Waals surface area contributed by atoms with Gasteiger partial charge in [-0.25, -0.2) is 4.98 Å². The molecule has 0 aromatic carbocycles. The van der Waals surface area contributed by atoms with Crippen molar-refractivity contribution < 1.29 is 9.53 Å². The number of aromatic nitrogens is 1. The van der Waals surface area contributed by atoms with Gasteiger partial charge >= 0.3 is 5.97 Å². The number of nitrogens with zero attached hydrogens (tertiary/aromatic N) is 2. The summed E-state index contributed by atoms with van der Waals surface area (Å²) in [6.45, 7) is 2.28. The standard InChI is InChI=1S/C12H18N2O2S/c1-4-16-11(15)8-6-5-7-9-10(8)13-12(17-9)14(2)3/h8H,4-7H2,1-3H3. The summed E-state index contributed by atoms with van der Waals surface area (Å²) in [6.07, 6.45) is 2.95. The van der Waals surface area contributed by atoms with Gasteiger partial charge in [0.15, 0.2) is 5.13 Å². The average molecular weight is 254 g/mol. The first kappa shape index (κ1) is 12.4. The third-order valence-corrected chi connectivity index (χ3v) is 4.20. The number of aryl methyl sites for hydroxylation is 1. The van der Waals surface area contributed by atoms with Gasteiger partial charge in [0.2, 0.25) is 0 Å². The van der Waals surface area contributed by atoms with Crippen molar-refractivity contribution in [3.63, 3.8) is 0 Å². The first-order valence-corrected chi connectivity index (χ1v) is 6.78. The summed E-state index contributed by atoms with van der Waals surface area (Å²) in [7, 11) is 3.95. The van der Waals surface area contributed by atoms with Crippen molar-refractivity contribution >= 4 is 22.4 Å². The predicted molar refractivity (Wildman–Crippen MR) is 68.8 cm³/mol. The van der Waals surface area contributed by atoms with Crippen LogP contribution >= 0.6 is 11.3 Å². The maximum atomic E-state index is 11.9. The molecule has 0 amide bonds. The molecule has 1 heterocycles. The molecule has 0 radical (unpaired) electrons. The lowest BCUT2D eigenvalue weighted by Crippen LogP contribution is -2.20. The molecule has 0 N–H and O–H groups in total. The Morgan fingerprint density at radius 1 is 1.59 bits per heavy atom. The average Bonchev–Trinajstić information content (AvgIpc) is 2.72. The normalized spacial score (nSPS) is 18.6. The van der Waals surface area contributed by atoms with Crippen LogP contribution in [-0.2, 0) is 16.0 Å². The van der Waals surface area contributed by atoms with Crippen LogP contribution in [-0.4, -0.2) is 31.7 Å². The summed E-state index contributed by atoms with van der Waals surface area (Å²) in [6, 6.07) is 0. The molecule has 1 aliphatic carbocycles. The Morgan fingerprint density at radius 2 is 2.35 bits per heavy atom. The van der Waals surface area contributed by atoms with Crippen LogP contribution in [0.2, 0.25) is 0 Å². The highest BCUT2D eigenvalue weighted by Crippen LogP contribution is 2.37. The van der Waals surface area contributed by atoms with E-state index < -0.39 is 0 Å². The molecule has 1 unspecified atom stereocenters. The van der Waals surface area contributed by atoms with Crippen molar-refractivity contribution in [2.45, 2.75) is 32.1 Å². The molecular weight excluding hydrogens is 236 g/mol. The number of esters is 1. The van der Waals surface area contributed by atoms with Gasteiger partial charge in [0.25, 0.3) is 0 Å². The van der Waals surface area contributed by atoms with Gasteiger partial charge in [-0.2, -0.15) is 0 Å². The van der Waals surface area contributed by atoms with Gasteiger partial charge < -0.3 is 9.64 Å². The molecule has 0 saturated carbocycles. The Balaban J connectivity index is 2.27. The molecule has 2 rings (SSSR count). The van der Waals surface area contributed by atoms with Crippen molar-refractivity contribution in [1.82, 2.24) is 4.98 Å². The van der Waals surface area contributed by atoms with Crippen LogP contribution in [0.4, 0.5) is 5.13 Å². The van der Waals surface area contributed by atoms with Crippen LogP contribution in [0.3, 0.4) is 0 Å². The fourth-order valence-electron chi connectivity index (χ4n) is 2.07. The molecule has 17 heavy (non-hydrogen) atoms. The largest absolute Gasteiger partial charge is 0.465 e. The van der Waals surface area contributed by atoms with Crippen LogP contribution in [0.1, 0.15) is 36.3 Å². The van der Waals surface area contributed by atoms with E-state index in [2.05, 4.69) is 4.98 Å². The number of ether oxygens (including phenoxy) is 1. The summed E-state index contributed by atoms with van der Waals surface area (Å²) in [5.74, 6) is -0.271. The van der Waals surface area contributed by atoms with Gasteiger partial charge in [-0.1, -0.05) is 0 Å². The number of hydrogen-bond acceptors (Lipinski definition) is 5. The minimum Gasteiger partial charge on any atom is -0.465 e. The fraction of sp³-hybridized carbons (Fsp3) is 0.667. The van der Waals surface area contributed by atoms with Gasteiger partial charge in [-0.15, -0.1) is 11.3 Å². The van der Waals surface area contributed by atoms with E-state index in [0.717, 1.165) is 30.1 Å². The molecule has 0 fully saturated rings. The molecule has 0 bridgehead atoms. The number of rotatable bonds is 3. The quantitative estimate of drug-likeness (QED) is 0.775. The Bertz CT molecular complexity index is 415. The second kappa shape index (κ2) is 5.04. The number of carbonyl (C=O) groups excluding carboxylic acids is 1. The fourth-order valence-corrected chi connectivity index (χ4v) is 3.15. The lowest BCUT2D eigenvalue weighted by Gasteiger charge is -2.19. The van der Waals surface area contributed by atoms with Gasteiger partial charge in [0.05, 0.1) is 12.3 Å². The summed E-state index contributed by atoms with van der Waals surface area (Å²) in [4.78, 5) is 19.7. The van der Waals surface area contributed by atoms with E-state index in [1.165, 1.54) is 4.88 Å². The monoisotopic (exact) mass is 254 g/mol. The van der Waals surface area contributed by atoms with E-state index >= 15 is 0 Å². The van der Waals surface area contributed by atoms with Gasteiger partial charge in [0, 0.05) is 19.0 Å². The van der Waals surface area contributed by atoms with E-state index in [1.54, 1.807) is 11.3 Å². The summed E-state index contributed by atoms with van der Waals surface area (Å²) >= 11 is 1.69. The Morgan fingerprint density at radius 3 is 3.00 bits per heavy atom. The lowest BCUT2D eigenvalue weighted by molar-refractivity contribution is -0.145. The molecule has 5 heteroatoms. The maximum absolute atomic E-state index is 11.9. The van der Waals surface area contributed by atoms with Crippen molar-refractivity contribution in [3.05, 3.63) is 10.6 Å². The lowest BCUT2D eigenvalue weighted by atomic mass is 9.91. The first-order valence-electron chi connectivity index (χ1n) is 5.97. The van der Waals surface area contributed by atoms with Crippen molar-refractivity contribution in [2.75, 3.05) is 25.6 Å². The molecule has 0 aliphatic heterocycles. The van der Waals surface area contributed by atoms with E-state index in [1.807, 2.05) is 25.9 Å². The summed E-state index contributed by atoms with van der Waals surface area (Å²) in [5, 5.41) is 0.978. The van der Waals surface area contributed by atoms with Crippen molar-refractivity contribution in [2.24, 2.45) is 0 Å². The first-order chi connectivity index (χ1) is 8.13. The zero-order chi connectivity index (χ0) is 12.4. The minimum absolute atomic E-state index is 0.121. The smallest absolute Gasteiger partial charge is 0.315 e. The van der Waals surface area contributed by atoms with E-state index in [0.29, 0.717) is 6.61 Å². The molecule has 1 atom stereocenters. The second-order valence-electron chi connectivity index (χ2n) is 4.40. The topological polar surface area (TPSA) is 42.4 Å². The summed E-state index contributed by atoms with van der Waals surface area (Å²) in [5.41, 5.74) is 0.948. The van der Waals surface area contributed by atoms with Gasteiger partial charge in [-0.3, -0.25) is 4.79 Å². The molecular formula is C12H18N2O2S. The number of fused-ring (bicyclic) bond motifs is 1. The SMILES string of the molecule is CCOC(=O)C1CCCc2sc(N(C)C)nc21. The van der Waals surface area contributed by atoms with Crippen LogP contribution in [0.15, 0.2) is 0 Å². The summed E-state index contributed by atoms with van der Waals surface area (Å²) < 4.78 is 5.12. The number of thiazole rings is 1. The van der Waals surface area contributed by atoms with E-state index in [-0.39, 0.29) is 11.9 Å². The number of hydrogen-bond donors (Lipinski definition) is 0. The molecule has 1 aromatic rings. The predicted octanol–water partition coefficient (Wildman–Crippen LogP) is 2.19. The highest BCUT2D eigenvalue weighted by atomic mass is 32.1. The van der Waals surface area contributed by atoms with Crippen LogP contribution in [0, 0.1) is 0 Å². The van der Waals surface area contributed by atoms with Crippen molar-refractivity contribution in [3.8, 4) is 0 Å². The highest BCUT2D eigenvalue weighted by molar-refractivity contribution is 7.15.